The second kappa shape index (κ2) is 3.27. The van der Waals surface area contributed by atoms with Gasteiger partial charge in [-0.15, -0.1) is 0 Å². The van der Waals surface area contributed by atoms with E-state index in [1.165, 1.54) is 6.07 Å². The van der Waals surface area contributed by atoms with Gasteiger partial charge in [0.25, 0.3) is 0 Å². The second-order valence-corrected chi connectivity index (χ2v) is 2.92. The van der Waals surface area contributed by atoms with Gasteiger partial charge in [0.05, 0.1) is 5.39 Å². The smallest absolute Gasteiger partial charge is 0.355 e. The number of hydrogen-bond acceptors (Lipinski definition) is 2. The highest BCUT2D eigenvalue weighted by Gasteiger charge is 2.15. The number of rotatable bonds is 1. The highest BCUT2D eigenvalue weighted by Crippen LogP contribution is 2.22. The lowest BCUT2D eigenvalue weighted by molar-refractivity contribution is 0.0692. The van der Waals surface area contributed by atoms with Crippen LogP contribution in [0.1, 0.15) is 10.5 Å². The third-order valence-corrected chi connectivity index (χ3v) is 2.03. The minimum Gasteiger partial charge on any atom is -0.476 e. The van der Waals surface area contributed by atoms with Gasteiger partial charge in [0.1, 0.15) is 11.6 Å². The first kappa shape index (κ1) is 9.51. The number of aromatic carboxylic acids is 1. The number of carboxylic acid groups (broad SMARTS) is 1. The number of benzene rings is 1. The number of carbonyl (C=O) groups is 1. The molecule has 5 heteroatoms. The predicted octanol–water partition coefficient (Wildman–Crippen LogP) is 2.21. The molecule has 1 aromatic heterocycles. The molecule has 76 valence electrons. The molecule has 0 saturated heterocycles. The number of fused-ring (bicyclic) bond motifs is 1. The third kappa shape index (κ3) is 1.41. The zero-order valence-electron chi connectivity index (χ0n) is 7.37. The summed E-state index contributed by atoms with van der Waals surface area (Å²) in [7, 11) is 0. The fourth-order valence-corrected chi connectivity index (χ4v) is 1.38. The number of pyridine rings is 1. The highest BCUT2D eigenvalue weighted by atomic mass is 19.1. The normalized spacial score (nSPS) is 10.5. The van der Waals surface area contributed by atoms with Crippen LogP contribution in [0.4, 0.5) is 8.78 Å². The Hall–Kier alpha value is -2.04. The van der Waals surface area contributed by atoms with Gasteiger partial charge in [-0.2, -0.15) is 0 Å². The molecule has 2 rings (SSSR count). The average Bonchev–Trinajstić information content (AvgIpc) is 2.23. The van der Waals surface area contributed by atoms with Crippen molar-refractivity contribution in [3.8, 4) is 0 Å². The van der Waals surface area contributed by atoms with E-state index in [1.807, 2.05) is 0 Å². The van der Waals surface area contributed by atoms with Crippen LogP contribution in [0.5, 0.6) is 0 Å². The monoisotopic (exact) mass is 209 g/mol. The maximum absolute atomic E-state index is 13.3. The van der Waals surface area contributed by atoms with Gasteiger partial charge in [0.15, 0.2) is 5.69 Å². The zero-order valence-corrected chi connectivity index (χ0v) is 7.37. The van der Waals surface area contributed by atoms with E-state index in [2.05, 4.69) is 4.98 Å². The van der Waals surface area contributed by atoms with Crippen molar-refractivity contribution in [3.63, 3.8) is 0 Å². The minimum absolute atomic E-state index is 0.0811. The Bertz CT molecular complexity index is 554. The Labute approximate surface area is 83.0 Å². The Morgan fingerprint density at radius 2 is 1.87 bits per heavy atom. The van der Waals surface area contributed by atoms with E-state index in [0.29, 0.717) is 0 Å². The Morgan fingerprint density at radius 1 is 1.20 bits per heavy atom. The van der Waals surface area contributed by atoms with E-state index in [1.54, 1.807) is 0 Å². The lowest BCUT2D eigenvalue weighted by atomic mass is 10.1. The van der Waals surface area contributed by atoms with Crippen molar-refractivity contribution < 1.29 is 18.7 Å². The topological polar surface area (TPSA) is 50.2 Å². The Balaban J connectivity index is 2.96. The maximum Gasteiger partial charge on any atom is 0.355 e. The van der Waals surface area contributed by atoms with Crippen LogP contribution in [0, 0.1) is 11.6 Å². The Morgan fingerprint density at radius 3 is 2.53 bits per heavy atom. The predicted molar refractivity (Wildman–Crippen MR) is 48.6 cm³/mol. The number of aromatic nitrogens is 1. The first-order valence-corrected chi connectivity index (χ1v) is 4.07. The molecule has 3 nitrogen and oxygen atoms in total. The molecular weight excluding hydrogens is 204 g/mol. The maximum atomic E-state index is 13.3. The highest BCUT2D eigenvalue weighted by molar-refractivity contribution is 6.02. The summed E-state index contributed by atoms with van der Waals surface area (Å²) in [6.45, 7) is 0. The van der Waals surface area contributed by atoms with Gasteiger partial charge in [0, 0.05) is 11.6 Å². The molecule has 0 aliphatic carbocycles. The molecular formula is C10H5F2NO2. The van der Waals surface area contributed by atoms with E-state index in [4.69, 9.17) is 5.11 Å². The SMILES string of the molecule is O=C(O)c1nccc2c(F)ccc(F)c12. The molecule has 0 aliphatic rings. The molecule has 0 unspecified atom stereocenters. The number of carboxylic acids is 1. The van der Waals surface area contributed by atoms with E-state index in [-0.39, 0.29) is 10.8 Å². The van der Waals surface area contributed by atoms with Crippen molar-refractivity contribution in [1.29, 1.82) is 0 Å². The molecule has 0 aliphatic heterocycles. The number of nitrogens with zero attached hydrogens (tertiary/aromatic N) is 1. The summed E-state index contributed by atoms with van der Waals surface area (Å²) in [5.41, 5.74) is -0.482. The lowest BCUT2D eigenvalue weighted by Gasteiger charge is -2.03. The molecule has 1 aromatic carbocycles. The molecule has 0 fully saturated rings. The van der Waals surface area contributed by atoms with Crippen LogP contribution in [0.2, 0.25) is 0 Å². The van der Waals surface area contributed by atoms with Crippen LogP contribution < -0.4 is 0 Å². The summed E-state index contributed by atoms with van der Waals surface area (Å²) in [6.07, 6.45) is 1.13. The number of halogens is 2. The molecule has 0 amide bonds. The van der Waals surface area contributed by atoms with Crippen molar-refractivity contribution in [1.82, 2.24) is 4.98 Å². The van der Waals surface area contributed by atoms with Gasteiger partial charge >= 0.3 is 5.97 Å². The molecule has 0 bridgehead atoms. The fourth-order valence-electron chi connectivity index (χ4n) is 1.38. The Kier molecular flexibility index (Phi) is 2.07. The van der Waals surface area contributed by atoms with Crippen molar-refractivity contribution in [2.24, 2.45) is 0 Å². The van der Waals surface area contributed by atoms with Gasteiger partial charge in [-0.3, -0.25) is 0 Å². The minimum atomic E-state index is -1.38. The van der Waals surface area contributed by atoms with Crippen molar-refractivity contribution in [2.45, 2.75) is 0 Å². The van der Waals surface area contributed by atoms with Gasteiger partial charge in [-0.1, -0.05) is 0 Å². The van der Waals surface area contributed by atoms with Crippen molar-refractivity contribution in [3.05, 3.63) is 41.7 Å². The average molecular weight is 209 g/mol. The summed E-state index contributed by atoms with van der Waals surface area (Å²) in [5, 5.41) is 8.36. The fraction of sp³-hybridized carbons (Fsp3) is 0. The van der Waals surface area contributed by atoms with Crippen molar-refractivity contribution in [2.75, 3.05) is 0 Å². The first-order chi connectivity index (χ1) is 7.11. The number of hydrogen-bond donors (Lipinski definition) is 1. The van der Waals surface area contributed by atoms with Crippen molar-refractivity contribution >= 4 is 16.7 Å². The molecule has 0 saturated carbocycles. The molecule has 1 N–H and O–H groups in total. The molecule has 0 spiro atoms. The lowest BCUT2D eigenvalue weighted by Crippen LogP contribution is -2.03. The second-order valence-electron chi connectivity index (χ2n) is 2.92. The van der Waals surface area contributed by atoms with Gasteiger partial charge < -0.3 is 5.11 Å². The summed E-state index contributed by atoms with van der Waals surface area (Å²) in [4.78, 5) is 14.2. The quantitative estimate of drug-likeness (QED) is 0.783. The summed E-state index contributed by atoms with van der Waals surface area (Å²) < 4.78 is 26.5. The van der Waals surface area contributed by atoms with Gasteiger partial charge in [0.2, 0.25) is 0 Å². The van der Waals surface area contributed by atoms with Crippen LogP contribution >= 0.6 is 0 Å². The summed E-state index contributed by atoms with van der Waals surface area (Å²) >= 11 is 0. The summed E-state index contributed by atoms with van der Waals surface area (Å²) in [5.74, 6) is -2.85. The van der Waals surface area contributed by atoms with Crippen LogP contribution in [0.15, 0.2) is 24.4 Å². The van der Waals surface area contributed by atoms with E-state index in [9.17, 15) is 13.6 Å². The van der Waals surface area contributed by atoms with Gasteiger partial charge in [-0.05, 0) is 18.2 Å². The largest absolute Gasteiger partial charge is 0.476 e. The van der Waals surface area contributed by atoms with Crippen LogP contribution in [-0.4, -0.2) is 16.1 Å². The molecule has 0 atom stereocenters. The molecule has 2 aromatic rings. The summed E-state index contributed by atoms with van der Waals surface area (Å²) in [6, 6.07) is 3.06. The third-order valence-electron chi connectivity index (χ3n) is 2.03. The standard InChI is InChI=1S/C10H5F2NO2/c11-6-1-2-7(12)8-5(6)3-4-13-9(8)10(14)15/h1-4H,(H,14,15). The molecule has 0 radical (unpaired) electrons. The van der Waals surface area contributed by atoms with Crippen LogP contribution in [-0.2, 0) is 0 Å². The molecule has 1 heterocycles. The van der Waals surface area contributed by atoms with Crippen LogP contribution in [0.3, 0.4) is 0 Å². The van der Waals surface area contributed by atoms with Gasteiger partial charge in [-0.25, -0.2) is 18.6 Å². The van der Waals surface area contributed by atoms with E-state index in [0.717, 1.165) is 18.3 Å². The van der Waals surface area contributed by atoms with Crippen LogP contribution in [0.25, 0.3) is 10.8 Å². The molecule has 15 heavy (non-hydrogen) atoms. The van der Waals surface area contributed by atoms with E-state index >= 15 is 0 Å². The van der Waals surface area contributed by atoms with E-state index < -0.39 is 23.3 Å². The first-order valence-electron chi connectivity index (χ1n) is 4.07. The zero-order chi connectivity index (χ0) is 11.0.